The van der Waals surface area contributed by atoms with Crippen molar-refractivity contribution < 1.29 is 27.4 Å². The van der Waals surface area contributed by atoms with Gasteiger partial charge < -0.3 is 9.47 Å². The van der Waals surface area contributed by atoms with Crippen molar-refractivity contribution in [2.45, 2.75) is 31.3 Å². The largest absolute Gasteiger partial charge is 0.573 e. The Hall–Kier alpha value is -2.54. The number of benzene rings is 2. The van der Waals surface area contributed by atoms with Gasteiger partial charge in [0.1, 0.15) is 17.3 Å². The van der Waals surface area contributed by atoms with Gasteiger partial charge in [-0.25, -0.2) is 0 Å². The Morgan fingerprint density at radius 3 is 1.74 bits per heavy atom. The lowest BCUT2D eigenvalue weighted by Crippen LogP contribution is -2.37. The van der Waals surface area contributed by atoms with Crippen LogP contribution in [0.15, 0.2) is 48.5 Å². The van der Waals surface area contributed by atoms with Crippen LogP contribution in [0.3, 0.4) is 0 Å². The molecule has 0 bridgehead atoms. The fourth-order valence-corrected chi connectivity index (χ4v) is 3.44. The van der Waals surface area contributed by atoms with Gasteiger partial charge >= 0.3 is 6.36 Å². The van der Waals surface area contributed by atoms with Gasteiger partial charge in [0.2, 0.25) is 0 Å². The molecule has 2 atom stereocenters. The zero-order chi connectivity index (χ0) is 19.6. The minimum atomic E-state index is -4.72. The summed E-state index contributed by atoms with van der Waals surface area (Å²) in [6.07, 6.45) is -4.00. The zero-order valence-corrected chi connectivity index (χ0v) is 15.0. The second kappa shape index (κ2) is 7.60. The molecule has 0 aliphatic carbocycles. The first kappa shape index (κ1) is 19.2. The van der Waals surface area contributed by atoms with E-state index in [1.807, 2.05) is 31.3 Å². The fraction of sp³-hybridized carbons (Fsp3) is 0.350. The molecule has 144 valence electrons. The molecule has 1 aliphatic rings. The lowest BCUT2D eigenvalue weighted by molar-refractivity contribution is -0.274. The number of alkyl halides is 3. The van der Waals surface area contributed by atoms with Crippen molar-refractivity contribution in [3.05, 3.63) is 59.7 Å². The number of rotatable bonds is 4. The molecule has 4 nitrogen and oxygen atoms in total. The minimum absolute atomic E-state index is 0.103. The summed E-state index contributed by atoms with van der Waals surface area (Å²) >= 11 is 0. The smallest absolute Gasteiger partial charge is 0.497 e. The molecule has 2 aromatic carbocycles. The second-order valence-corrected chi connectivity index (χ2v) is 6.53. The maximum absolute atomic E-state index is 12.3. The van der Waals surface area contributed by atoms with Gasteiger partial charge in [0.25, 0.3) is 0 Å². The number of hydrogen-bond acceptors (Lipinski definition) is 4. The van der Waals surface area contributed by atoms with Crippen LogP contribution in [0.5, 0.6) is 11.5 Å². The predicted octanol–water partition coefficient (Wildman–Crippen LogP) is 4.67. The highest BCUT2D eigenvalue weighted by molar-refractivity contribution is 5.81. The number of hydrogen-bond donors (Lipinski definition) is 0. The van der Waals surface area contributed by atoms with Crippen LogP contribution < -0.4 is 9.47 Å². The highest BCUT2D eigenvalue weighted by Gasteiger charge is 2.34. The number of Topliss-reactive ketones (excluding diaryl/α,β-unsaturated/α-hetero) is 1. The van der Waals surface area contributed by atoms with Crippen LogP contribution in [-0.2, 0) is 4.79 Å². The first-order chi connectivity index (χ1) is 12.8. The van der Waals surface area contributed by atoms with Gasteiger partial charge in [0.15, 0.2) is 0 Å². The Morgan fingerprint density at radius 2 is 1.33 bits per heavy atom. The zero-order valence-electron chi connectivity index (χ0n) is 15.0. The van der Waals surface area contributed by atoms with Gasteiger partial charge in [-0.1, -0.05) is 24.3 Å². The highest BCUT2D eigenvalue weighted by Crippen LogP contribution is 2.39. The first-order valence-electron chi connectivity index (χ1n) is 8.50. The molecule has 2 unspecified atom stereocenters. The number of nitrogens with zero attached hydrogens (tertiary/aromatic N) is 1. The van der Waals surface area contributed by atoms with E-state index in [1.165, 1.54) is 12.1 Å². The normalized spacial score (nSPS) is 21.1. The van der Waals surface area contributed by atoms with Crippen molar-refractivity contribution >= 4 is 5.78 Å². The number of halogens is 3. The van der Waals surface area contributed by atoms with Crippen molar-refractivity contribution in [3.63, 3.8) is 0 Å². The maximum atomic E-state index is 12.3. The first-order valence-corrected chi connectivity index (χ1v) is 8.50. The average Bonchev–Trinajstić information content (AvgIpc) is 2.63. The monoisotopic (exact) mass is 379 g/mol. The molecule has 0 spiro atoms. The number of carbonyl (C=O) groups is 1. The van der Waals surface area contributed by atoms with E-state index in [2.05, 4.69) is 9.64 Å². The molecule has 0 saturated carbocycles. The van der Waals surface area contributed by atoms with Crippen LogP contribution >= 0.6 is 0 Å². The summed E-state index contributed by atoms with van der Waals surface area (Å²) in [6.45, 7) is 0. The van der Waals surface area contributed by atoms with Crippen LogP contribution in [-0.4, -0.2) is 31.2 Å². The Balaban J connectivity index is 1.81. The van der Waals surface area contributed by atoms with E-state index in [0.717, 1.165) is 16.9 Å². The van der Waals surface area contributed by atoms with Gasteiger partial charge in [0, 0.05) is 24.9 Å². The van der Waals surface area contributed by atoms with E-state index < -0.39 is 6.36 Å². The van der Waals surface area contributed by atoms with Gasteiger partial charge in [-0.3, -0.25) is 9.69 Å². The van der Waals surface area contributed by atoms with Crippen LogP contribution in [0.2, 0.25) is 0 Å². The van der Waals surface area contributed by atoms with E-state index >= 15 is 0 Å². The van der Waals surface area contributed by atoms with Gasteiger partial charge in [-0.2, -0.15) is 0 Å². The Morgan fingerprint density at radius 1 is 0.889 bits per heavy atom. The van der Waals surface area contributed by atoms with E-state index in [4.69, 9.17) is 4.74 Å². The molecule has 1 fully saturated rings. The summed E-state index contributed by atoms with van der Waals surface area (Å²) in [4.78, 5) is 14.4. The summed E-state index contributed by atoms with van der Waals surface area (Å²) in [7, 11) is 3.51. The summed E-state index contributed by atoms with van der Waals surface area (Å²) in [5.41, 5.74) is 1.77. The Labute approximate surface area is 155 Å². The average molecular weight is 379 g/mol. The molecule has 27 heavy (non-hydrogen) atoms. The maximum Gasteiger partial charge on any atom is 0.573 e. The fourth-order valence-electron chi connectivity index (χ4n) is 3.44. The number of ketones is 1. The van der Waals surface area contributed by atoms with Crippen LogP contribution in [0.4, 0.5) is 13.2 Å². The molecule has 7 heteroatoms. The molecule has 0 aromatic heterocycles. The molecule has 1 aliphatic heterocycles. The lowest BCUT2D eigenvalue weighted by atomic mass is 9.87. The number of likely N-dealkylation sites (tertiary alicyclic amines) is 1. The molecular formula is C20H20F3NO3. The third-order valence-electron chi connectivity index (χ3n) is 4.82. The van der Waals surface area contributed by atoms with E-state index in [1.54, 1.807) is 19.2 Å². The molecule has 2 aromatic rings. The summed E-state index contributed by atoms with van der Waals surface area (Å²) in [6, 6.07) is 12.9. The van der Waals surface area contributed by atoms with E-state index in [0.29, 0.717) is 12.8 Å². The molecule has 1 saturated heterocycles. The van der Waals surface area contributed by atoms with Crippen molar-refractivity contribution in [3.8, 4) is 11.5 Å². The van der Waals surface area contributed by atoms with E-state index in [-0.39, 0.29) is 23.6 Å². The van der Waals surface area contributed by atoms with Gasteiger partial charge in [-0.05, 0) is 42.4 Å². The highest BCUT2D eigenvalue weighted by atomic mass is 19.4. The SMILES string of the molecule is COc1ccc(C2CC(=O)CC(c3ccc(OC(F)(F)F)cc3)N2C)cc1. The van der Waals surface area contributed by atoms with Crippen molar-refractivity contribution in [2.75, 3.05) is 14.2 Å². The number of methoxy groups -OCH3 is 1. The minimum Gasteiger partial charge on any atom is -0.497 e. The lowest BCUT2D eigenvalue weighted by Gasteiger charge is -2.39. The van der Waals surface area contributed by atoms with Crippen LogP contribution in [0.1, 0.15) is 36.1 Å². The quantitative estimate of drug-likeness (QED) is 0.774. The Kier molecular flexibility index (Phi) is 5.41. The van der Waals surface area contributed by atoms with Gasteiger partial charge in [0.05, 0.1) is 7.11 Å². The number of piperidine rings is 1. The summed E-state index contributed by atoms with van der Waals surface area (Å²) in [5.74, 6) is 0.581. The third-order valence-corrected chi connectivity index (χ3v) is 4.82. The predicted molar refractivity (Wildman–Crippen MR) is 93.6 cm³/mol. The van der Waals surface area contributed by atoms with Crippen molar-refractivity contribution in [1.29, 1.82) is 0 Å². The van der Waals surface area contributed by atoms with Crippen LogP contribution in [0.25, 0.3) is 0 Å². The molecular weight excluding hydrogens is 359 g/mol. The summed E-state index contributed by atoms with van der Waals surface area (Å²) in [5, 5.41) is 0. The van der Waals surface area contributed by atoms with Gasteiger partial charge in [-0.15, -0.1) is 13.2 Å². The standard InChI is InChI=1S/C20H20F3NO3/c1-24-18(13-3-7-16(26-2)8-4-13)11-15(25)12-19(24)14-5-9-17(10-6-14)27-20(21,22)23/h3-10,18-19H,11-12H2,1-2H3. The number of ether oxygens (including phenoxy) is 2. The Bertz CT molecular complexity index is 788. The molecule has 0 radical (unpaired) electrons. The van der Waals surface area contributed by atoms with E-state index in [9.17, 15) is 18.0 Å². The summed E-state index contributed by atoms with van der Waals surface area (Å²) < 4.78 is 46.0. The van der Waals surface area contributed by atoms with Crippen molar-refractivity contribution in [2.24, 2.45) is 0 Å². The van der Waals surface area contributed by atoms with Crippen molar-refractivity contribution in [1.82, 2.24) is 4.90 Å². The molecule has 0 N–H and O–H groups in total. The second-order valence-electron chi connectivity index (χ2n) is 6.53. The number of carbonyl (C=O) groups excluding carboxylic acids is 1. The third kappa shape index (κ3) is 4.60. The topological polar surface area (TPSA) is 38.8 Å². The molecule has 0 amide bonds. The van der Waals surface area contributed by atoms with Crippen LogP contribution in [0, 0.1) is 0 Å². The molecule has 3 rings (SSSR count). The molecule has 1 heterocycles.